The van der Waals surface area contributed by atoms with E-state index in [1.807, 2.05) is 0 Å². The Morgan fingerprint density at radius 3 is 2.92 bits per heavy atom. The van der Waals surface area contributed by atoms with E-state index < -0.39 is 0 Å². The van der Waals surface area contributed by atoms with Gasteiger partial charge in [-0.25, -0.2) is 0 Å². The third-order valence-electron chi connectivity index (χ3n) is 1.73. The molecule has 0 fully saturated rings. The van der Waals surface area contributed by atoms with Crippen LogP contribution in [0, 0.1) is 4.77 Å². The second-order valence-electron chi connectivity index (χ2n) is 2.70. The SMILES string of the molecule is O=c1cc[nH]c(=S)n1CCCCO. The van der Waals surface area contributed by atoms with Crippen LogP contribution >= 0.6 is 12.2 Å². The van der Waals surface area contributed by atoms with Crippen LogP contribution in [-0.2, 0) is 6.54 Å². The average Bonchev–Trinajstić information content (AvgIpc) is 2.10. The van der Waals surface area contributed by atoms with Gasteiger partial charge in [0.25, 0.3) is 5.56 Å². The summed E-state index contributed by atoms with van der Waals surface area (Å²) in [7, 11) is 0. The zero-order valence-electron chi connectivity index (χ0n) is 7.19. The molecule has 72 valence electrons. The van der Waals surface area contributed by atoms with E-state index in [0.29, 0.717) is 17.7 Å². The molecule has 0 amide bonds. The number of H-pyrrole nitrogens is 1. The van der Waals surface area contributed by atoms with Gasteiger partial charge in [-0.1, -0.05) is 0 Å². The molecule has 0 bridgehead atoms. The molecule has 1 aromatic heterocycles. The smallest absolute Gasteiger partial charge is 0.254 e. The van der Waals surface area contributed by atoms with Crippen molar-refractivity contribution < 1.29 is 5.11 Å². The number of hydrogen-bond donors (Lipinski definition) is 2. The lowest BCUT2D eigenvalue weighted by Crippen LogP contribution is -2.20. The minimum atomic E-state index is -0.0957. The number of hydrogen-bond acceptors (Lipinski definition) is 3. The van der Waals surface area contributed by atoms with Gasteiger partial charge in [-0.3, -0.25) is 9.36 Å². The van der Waals surface area contributed by atoms with E-state index in [2.05, 4.69) is 4.98 Å². The van der Waals surface area contributed by atoms with Crippen molar-refractivity contribution in [3.63, 3.8) is 0 Å². The van der Waals surface area contributed by atoms with Crippen molar-refractivity contribution in [1.82, 2.24) is 9.55 Å². The first kappa shape index (κ1) is 10.1. The molecule has 0 radical (unpaired) electrons. The van der Waals surface area contributed by atoms with E-state index >= 15 is 0 Å². The number of unbranched alkanes of at least 4 members (excludes halogenated alkanes) is 1. The van der Waals surface area contributed by atoms with Gasteiger partial charge in [0.05, 0.1) is 0 Å². The Labute approximate surface area is 80.9 Å². The van der Waals surface area contributed by atoms with Crippen molar-refractivity contribution in [2.75, 3.05) is 6.61 Å². The summed E-state index contributed by atoms with van der Waals surface area (Å²) < 4.78 is 1.93. The maximum absolute atomic E-state index is 11.2. The van der Waals surface area contributed by atoms with Crippen molar-refractivity contribution in [3.8, 4) is 0 Å². The van der Waals surface area contributed by atoms with Gasteiger partial charge >= 0.3 is 0 Å². The van der Waals surface area contributed by atoms with E-state index in [1.54, 1.807) is 0 Å². The first-order valence-electron chi connectivity index (χ1n) is 4.15. The number of aliphatic hydroxyl groups excluding tert-OH is 1. The van der Waals surface area contributed by atoms with Gasteiger partial charge in [0.2, 0.25) is 0 Å². The van der Waals surface area contributed by atoms with Crippen LogP contribution in [0.15, 0.2) is 17.1 Å². The molecule has 0 aliphatic rings. The number of rotatable bonds is 4. The number of aromatic amines is 1. The molecule has 2 N–H and O–H groups in total. The minimum Gasteiger partial charge on any atom is -0.396 e. The third-order valence-corrected chi connectivity index (χ3v) is 2.07. The lowest BCUT2D eigenvalue weighted by atomic mass is 10.3. The Morgan fingerprint density at radius 2 is 2.31 bits per heavy atom. The quantitative estimate of drug-likeness (QED) is 0.555. The van der Waals surface area contributed by atoms with Crippen LogP contribution in [0.5, 0.6) is 0 Å². The zero-order chi connectivity index (χ0) is 9.68. The average molecular weight is 200 g/mol. The second-order valence-corrected chi connectivity index (χ2v) is 3.09. The highest BCUT2D eigenvalue weighted by Crippen LogP contribution is 1.92. The summed E-state index contributed by atoms with van der Waals surface area (Å²) in [6.07, 6.45) is 2.99. The third kappa shape index (κ3) is 2.78. The molecule has 0 unspecified atom stereocenters. The first-order chi connectivity index (χ1) is 6.25. The summed E-state index contributed by atoms with van der Waals surface area (Å²) in [5.74, 6) is 0. The Balaban J connectivity index is 2.76. The van der Waals surface area contributed by atoms with Crippen LogP contribution in [0.4, 0.5) is 0 Å². The topological polar surface area (TPSA) is 58.0 Å². The van der Waals surface area contributed by atoms with E-state index in [4.69, 9.17) is 17.3 Å². The standard InChI is InChI=1S/C8H12N2O2S/c11-6-2-1-5-10-7(12)3-4-9-8(10)13/h3-4,11H,1-2,5-6H2,(H,9,13). The Kier molecular flexibility index (Phi) is 3.85. The van der Waals surface area contributed by atoms with Crippen LogP contribution < -0.4 is 5.56 Å². The van der Waals surface area contributed by atoms with Crippen molar-refractivity contribution in [3.05, 3.63) is 27.4 Å². The summed E-state index contributed by atoms with van der Waals surface area (Å²) in [5, 5.41) is 8.56. The van der Waals surface area contributed by atoms with Crippen LogP contribution in [0.2, 0.25) is 0 Å². The number of aliphatic hydroxyl groups is 1. The van der Waals surface area contributed by atoms with Gasteiger partial charge in [0.1, 0.15) is 0 Å². The van der Waals surface area contributed by atoms with Crippen molar-refractivity contribution >= 4 is 12.2 Å². The second kappa shape index (κ2) is 4.94. The molecule has 4 nitrogen and oxygen atoms in total. The first-order valence-corrected chi connectivity index (χ1v) is 4.56. The normalized spacial score (nSPS) is 10.2. The van der Waals surface area contributed by atoms with E-state index in [1.165, 1.54) is 16.8 Å². The van der Waals surface area contributed by atoms with Gasteiger partial charge < -0.3 is 10.1 Å². The summed E-state index contributed by atoms with van der Waals surface area (Å²) in [6.45, 7) is 0.716. The number of nitrogens with one attached hydrogen (secondary N) is 1. The van der Waals surface area contributed by atoms with Gasteiger partial charge in [0.15, 0.2) is 4.77 Å². The van der Waals surface area contributed by atoms with Crippen molar-refractivity contribution in [2.24, 2.45) is 0 Å². The molecule has 1 heterocycles. The molecular weight excluding hydrogens is 188 g/mol. The molecule has 1 aromatic rings. The summed E-state index contributed by atoms with van der Waals surface area (Å²) >= 11 is 4.93. The monoisotopic (exact) mass is 200 g/mol. The highest BCUT2D eigenvalue weighted by molar-refractivity contribution is 7.71. The largest absolute Gasteiger partial charge is 0.396 e. The van der Waals surface area contributed by atoms with Gasteiger partial charge in [-0.05, 0) is 25.1 Å². The number of nitrogens with zero attached hydrogens (tertiary/aromatic N) is 1. The van der Waals surface area contributed by atoms with Gasteiger partial charge in [0, 0.05) is 25.4 Å². The molecule has 13 heavy (non-hydrogen) atoms. The summed E-state index contributed by atoms with van der Waals surface area (Å²) in [5.41, 5.74) is -0.0957. The predicted molar refractivity (Wildman–Crippen MR) is 52.2 cm³/mol. The van der Waals surface area contributed by atoms with Crippen LogP contribution in [0.25, 0.3) is 0 Å². The Bertz CT molecular complexity index is 341. The Morgan fingerprint density at radius 1 is 1.54 bits per heavy atom. The maximum atomic E-state index is 11.2. The summed E-state index contributed by atoms with van der Waals surface area (Å²) in [6, 6.07) is 1.44. The lowest BCUT2D eigenvalue weighted by Gasteiger charge is -2.03. The zero-order valence-corrected chi connectivity index (χ0v) is 8.01. The fourth-order valence-corrected chi connectivity index (χ4v) is 1.29. The minimum absolute atomic E-state index is 0.0957. The highest BCUT2D eigenvalue weighted by atomic mass is 32.1. The molecular formula is C8H12N2O2S. The maximum Gasteiger partial charge on any atom is 0.254 e. The van der Waals surface area contributed by atoms with Crippen LogP contribution in [-0.4, -0.2) is 21.3 Å². The van der Waals surface area contributed by atoms with Crippen LogP contribution in [0.3, 0.4) is 0 Å². The molecule has 5 heteroatoms. The van der Waals surface area contributed by atoms with Crippen LogP contribution in [0.1, 0.15) is 12.8 Å². The van der Waals surface area contributed by atoms with Crippen molar-refractivity contribution in [2.45, 2.75) is 19.4 Å². The molecule has 0 saturated carbocycles. The molecule has 0 saturated heterocycles. The Hall–Kier alpha value is -0.940. The molecule has 0 aliphatic heterocycles. The fraction of sp³-hybridized carbons (Fsp3) is 0.500. The lowest BCUT2D eigenvalue weighted by molar-refractivity contribution is 0.280. The number of aromatic nitrogens is 2. The van der Waals surface area contributed by atoms with E-state index in [9.17, 15) is 4.79 Å². The van der Waals surface area contributed by atoms with E-state index in [0.717, 1.165) is 6.42 Å². The molecule has 0 spiro atoms. The fourth-order valence-electron chi connectivity index (χ4n) is 1.05. The molecule has 0 aromatic carbocycles. The molecule has 0 atom stereocenters. The van der Waals surface area contributed by atoms with E-state index in [-0.39, 0.29) is 12.2 Å². The van der Waals surface area contributed by atoms with Gasteiger partial charge in [-0.2, -0.15) is 0 Å². The predicted octanol–water partition coefficient (Wildman–Crippen LogP) is 0.678. The molecule has 1 rings (SSSR count). The summed E-state index contributed by atoms with van der Waals surface area (Å²) in [4.78, 5) is 14.0. The highest BCUT2D eigenvalue weighted by Gasteiger charge is 1.95. The van der Waals surface area contributed by atoms with Gasteiger partial charge in [-0.15, -0.1) is 0 Å². The molecule has 0 aliphatic carbocycles. The van der Waals surface area contributed by atoms with Crippen molar-refractivity contribution in [1.29, 1.82) is 0 Å².